The van der Waals surface area contributed by atoms with Crippen molar-refractivity contribution in [1.29, 1.82) is 0 Å². The number of amides is 1. The molecule has 0 unspecified atom stereocenters. The first-order valence-corrected chi connectivity index (χ1v) is 4.39. The number of nitrogens with two attached hydrogens (primary N) is 1. The minimum Gasteiger partial charge on any atom is -0.369 e. The molecule has 0 radical (unpaired) electrons. The highest BCUT2D eigenvalue weighted by molar-refractivity contribution is 5.75. The van der Waals surface area contributed by atoms with E-state index >= 15 is 0 Å². The molecule has 0 aromatic carbocycles. The highest BCUT2D eigenvalue weighted by atomic mass is 16.1. The minimum absolute atomic E-state index is 0.288. The van der Waals surface area contributed by atoms with Crippen molar-refractivity contribution in [2.75, 3.05) is 26.7 Å². The molecule has 1 rings (SSSR count). The molecule has 12 heavy (non-hydrogen) atoms. The van der Waals surface area contributed by atoms with Gasteiger partial charge in [0.1, 0.15) is 0 Å². The number of hydrogen-bond acceptors (Lipinski definition) is 3. The molecule has 70 valence electrons. The summed E-state index contributed by atoms with van der Waals surface area (Å²) in [7, 11) is 2.11. The van der Waals surface area contributed by atoms with E-state index in [0.717, 1.165) is 19.1 Å². The SMILES string of the molecule is CN(CCNCC(N)=O)C1CC1. The predicted molar refractivity (Wildman–Crippen MR) is 47.7 cm³/mol. The molecule has 0 aliphatic heterocycles. The lowest BCUT2D eigenvalue weighted by molar-refractivity contribution is -0.117. The molecule has 0 aromatic rings. The fourth-order valence-corrected chi connectivity index (χ4v) is 1.16. The lowest BCUT2D eigenvalue weighted by atomic mass is 10.5. The summed E-state index contributed by atoms with van der Waals surface area (Å²) in [5.41, 5.74) is 4.97. The topological polar surface area (TPSA) is 58.4 Å². The molecule has 1 saturated carbocycles. The van der Waals surface area contributed by atoms with E-state index in [1.807, 2.05) is 0 Å². The van der Waals surface area contributed by atoms with Crippen molar-refractivity contribution >= 4 is 5.91 Å². The Morgan fingerprint density at radius 1 is 1.67 bits per heavy atom. The first kappa shape index (κ1) is 9.48. The van der Waals surface area contributed by atoms with Crippen molar-refractivity contribution in [3.8, 4) is 0 Å². The smallest absolute Gasteiger partial charge is 0.231 e. The van der Waals surface area contributed by atoms with Crippen molar-refractivity contribution in [2.45, 2.75) is 18.9 Å². The number of rotatable bonds is 6. The Morgan fingerprint density at radius 3 is 2.83 bits per heavy atom. The average molecular weight is 171 g/mol. The van der Waals surface area contributed by atoms with Gasteiger partial charge in [-0.25, -0.2) is 0 Å². The lowest BCUT2D eigenvalue weighted by Gasteiger charge is -2.14. The largest absolute Gasteiger partial charge is 0.369 e. The van der Waals surface area contributed by atoms with Crippen molar-refractivity contribution in [1.82, 2.24) is 10.2 Å². The fourth-order valence-electron chi connectivity index (χ4n) is 1.16. The molecule has 4 heteroatoms. The number of nitrogens with one attached hydrogen (secondary N) is 1. The van der Waals surface area contributed by atoms with E-state index in [9.17, 15) is 4.79 Å². The molecule has 1 amide bonds. The molecule has 0 heterocycles. The Labute approximate surface area is 73.1 Å². The minimum atomic E-state index is -0.288. The highest BCUT2D eigenvalue weighted by Gasteiger charge is 2.25. The standard InChI is InChI=1S/C8H17N3O/c1-11(7-2-3-7)5-4-10-6-8(9)12/h7,10H,2-6H2,1H3,(H2,9,12). The van der Waals surface area contributed by atoms with Gasteiger partial charge in [-0.05, 0) is 19.9 Å². The normalized spacial score (nSPS) is 16.8. The number of primary amides is 1. The summed E-state index contributed by atoms with van der Waals surface area (Å²) in [5, 5.41) is 2.98. The summed E-state index contributed by atoms with van der Waals surface area (Å²) >= 11 is 0. The fraction of sp³-hybridized carbons (Fsp3) is 0.875. The zero-order valence-corrected chi connectivity index (χ0v) is 7.55. The van der Waals surface area contributed by atoms with Crippen LogP contribution in [-0.2, 0) is 4.79 Å². The van der Waals surface area contributed by atoms with E-state index in [1.165, 1.54) is 12.8 Å². The maximum absolute atomic E-state index is 10.3. The van der Waals surface area contributed by atoms with Gasteiger partial charge in [-0.2, -0.15) is 0 Å². The van der Waals surface area contributed by atoms with Gasteiger partial charge in [0.2, 0.25) is 5.91 Å². The third kappa shape index (κ3) is 3.69. The Balaban J connectivity index is 1.90. The van der Waals surface area contributed by atoms with Crippen LogP contribution in [0.1, 0.15) is 12.8 Å². The Bertz CT molecular complexity index is 156. The molecule has 1 aliphatic carbocycles. The molecule has 1 aliphatic rings. The molecule has 0 aromatic heterocycles. The zero-order valence-electron chi connectivity index (χ0n) is 7.55. The van der Waals surface area contributed by atoms with E-state index in [-0.39, 0.29) is 5.91 Å². The van der Waals surface area contributed by atoms with Crippen LogP contribution in [0.2, 0.25) is 0 Å². The Kier molecular flexibility index (Phi) is 3.49. The Hall–Kier alpha value is -0.610. The zero-order chi connectivity index (χ0) is 8.97. The third-order valence-electron chi connectivity index (χ3n) is 2.11. The molecule has 3 N–H and O–H groups in total. The van der Waals surface area contributed by atoms with Gasteiger partial charge in [-0.15, -0.1) is 0 Å². The molecular formula is C8H17N3O. The average Bonchev–Trinajstić information content (AvgIpc) is 2.79. The van der Waals surface area contributed by atoms with E-state index in [1.54, 1.807) is 0 Å². The summed E-state index contributed by atoms with van der Waals surface area (Å²) in [5.74, 6) is -0.288. The van der Waals surface area contributed by atoms with Crippen molar-refractivity contribution in [3.05, 3.63) is 0 Å². The van der Waals surface area contributed by atoms with Crippen LogP contribution in [0.5, 0.6) is 0 Å². The summed E-state index contributed by atoms with van der Waals surface area (Å²) in [6, 6.07) is 0.792. The van der Waals surface area contributed by atoms with Crippen LogP contribution in [0.4, 0.5) is 0 Å². The number of carbonyl (C=O) groups is 1. The highest BCUT2D eigenvalue weighted by Crippen LogP contribution is 2.24. The van der Waals surface area contributed by atoms with E-state index in [2.05, 4.69) is 17.3 Å². The molecule has 4 nitrogen and oxygen atoms in total. The first-order valence-electron chi connectivity index (χ1n) is 4.39. The van der Waals surface area contributed by atoms with Gasteiger partial charge >= 0.3 is 0 Å². The maximum Gasteiger partial charge on any atom is 0.231 e. The molecule has 0 spiro atoms. The molecule has 0 bridgehead atoms. The Morgan fingerprint density at radius 2 is 2.33 bits per heavy atom. The van der Waals surface area contributed by atoms with E-state index < -0.39 is 0 Å². The third-order valence-corrected chi connectivity index (χ3v) is 2.11. The second-order valence-electron chi connectivity index (χ2n) is 3.35. The maximum atomic E-state index is 10.3. The van der Waals surface area contributed by atoms with Crippen molar-refractivity contribution in [2.24, 2.45) is 5.73 Å². The summed E-state index contributed by atoms with van der Waals surface area (Å²) in [4.78, 5) is 12.6. The van der Waals surface area contributed by atoms with Gasteiger partial charge in [0.15, 0.2) is 0 Å². The summed E-state index contributed by atoms with van der Waals surface area (Å²) in [6.07, 6.45) is 2.65. The number of nitrogens with zero attached hydrogens (tertiary/aromatic N) is 1. The number of likely N-dealkylation sites (N-methyl/N-ethyl adjacent to an activating group) is 1. The molecule has 0 saturated heterocycles. The van der Waals surface area contributed by atoms with Crippen LogP contribution in [-0.4, -0.2) is 43.5 Å². The summed E-state index contributed by atoms with van der Waals surface area (Å²) in [6.45, 7) is 2.13. The van der Waals surface area contributed by atoms with Gasteiger partial charge in [0.05, 0.1) is 6.54 Å². The van der Waals surface area contributed by atoms with Gasteiger partial charge in [0, 0.05) is 19.1 Å². The molecular weight excluding hydrogens is 154 g/mol. The first-order chi connectivity index (χ1) is 5.70. The van der Waals surface area contributed by atoms with Crippen LogP contribution >= 0.6 is 0 Å². The van der Waals surface area contributed by atoms with Crippen LogP contribution < -0.4 is 11.1 Å². The number of carbonyl (C=O) groups excluding carboxylic acids is 1. The second kappa shape index (κ2) is 4.42. The van der Waals surface area contributed by atoms with Crippen LogP contribution in [0.15, 0.2) is 0 Å². The monoisotopic (exact) mass is 171 g/mol. The van der Waals surface area contributed by atoms with Crippen LogP contribution in [0.25, 0.3) is 0 Å². The van der Waals surface area contributed by atoms with E-state index in [4.69, 9.17) is 5.73 Å². The lowest BCUT2D eigenvalue weighted by Crippen LogP contribution is -2.35. The van der Waals surface area contributed by atoms with Gasteiger partial charge in [0.25, 0.3) is 0 Å². The van der Waals surface area contributed by atoms with Gasteiger partial charge in [-0.1, -0.05) is 0 Å². The second-order valence-corrected chi connectivity index (χ2v) is 3.35. The predicted octanol–water partition coefficient (Wildman–Crippen LogP) is -0.844. The molecule has 1 fully saturated rings. The van der Waals surface area contributed by atoms with Crippen LogP contribution in [0, 0.1) is 0 Å². The van der Waals surface area contributed by atoms with Gasteiger partial charge in [-0.3, -0.25) is 4.79 Å². The van der Waals surface area contributed by atoms with Crippen molar-refractivity contribution in [3.63, 3.8) is 0 Å². The van der Waals surface area contributed by atoms with Gasteiger partial charge < -0.3 is 16.0 Å². The van der Waals surface area contributed by atoms with E-state index in [0.29, 0.717) is 6.54 Å². The van der Waals surface area contributed by atoms with Crippen LogP contribution in [0.3, 0.4) is 0 Å². The number of hydrogen-bond donors (Lipinski definition) is 2. The molecule has 0 atom stereocenters. The summed E-state index contributed by atoms with van der Waals surface area (Å²) < 4.78 is 0. The van der Waals surface area contributed by atoms with Crippen molar-refractivity contribution < 1.29 is 4.79 Å². The quantitative estimate of drug-likeness (QED) is 0.512.